The van der Waals surface area contributed by atoms with Crippen LogP contribution >= 0.6 is 0 Å². The Hall–Kier alpha value is -3.16. The molecule has 146 valence electrons. The number of hydrogen-bond acceptors (Lipinski definition) is 4. The second-order valence-corrected chi connectivity index (χ2v) is 7.28. The van der Waals surface area contributed by atoms with Crippen LogP contribution in [0.5, 0.6) is 0 Å². The van der Waals surface area contributed by atoms with Gasteiger partial charge in [-0.25, -0.2) is 9.78 Å². The first kappa shape index (κ1) is 18.2. The van der Waals surface area contributed by atoms with Gasteiger partial charge in [0.25, 0.3) is 5.56 Å². The number of hydrogen-bond donors (Lipinski definition) is 2. The largest absolute Gasteiger partial charge is 0.338 e. The van der Waals surface area contributed by atoms with Crippen molar-refractivity contribution in [1.82, 2.24) is 24.4 Å². The molecule has 3 aromatic rings. The van der Waals surface area contributed by atoms with Crippen LogP contribution in [0.3, 0.4) is 0 Å². The van der Waals surface area contributed by atoms with Crippen molar-refractivity contribution in [1.29, 1.82) is 0 Å². The normalized spacial score (nSPS) is 16.8. The minimum Gasteiger partial charge on any atom is -0.338 e. The zero-order valence-electron chi connectivity index (χ0n) is 15.8. The Bertz CT molecular complexity index is 1130. The van der Waals surface area contributed by atoms with Crippen LogP contribution in [-0.2, 0) is 17.8 Å². The Kier molecular flexibility index (Phi) is 4.85. The van der Waals surface area contributed by atoms with Crippen molar-refractivity contribution in [2.24, 2.45) is 0 Å². The van der Waals surface area contributed by atoms with Crippen molar-refractivity contribution in [2.45, 2.75) is 45.2 Å². The summed E-state index contributed by atoms with van der Waals surface area (Å²) in [6.07, 6.45) is 4.32. The van der Waals surface area contributed by atoms with Gasteiger partial charge < -0.3 is 14.5 Å². The first-order valence-electron chi connectivity index (χ1n) is 9.54. The van der Waals surface area contributed by atoms with Gasteiger partial charge in [0.1, 0.15) is 0 Å². The smallest absolute Gasteiger partial charge is 0.325 e. The van der Waals surface area contributed by atoms with E-state index in [9.17, 15) is 14.4 Å². The zero-order valence-corrected chi connectivity index (χ0v) is 15.8. The van der Waals surface area contributed by atoms with E-state index >= 15 is 0 Å². The fraction of sp³-hybridized carbons (Fsp3) is 0.400. The van der Waals surface area contributed by atoms with Crippen molar-refractivity contribution in [3.8, 4) is 0 Å². The number of benzene rings is 1. The summed E-state index contributed by atoms with van der Waals surface area (Å²) in [4.78, 5) is 47.3. The summed E-state index contributed by atoms with van der Waals surface area (Å²) < 4.78 is 2.10. The van der Waals surface area contributed by atoms with Gasteiger partial charge in [0.15, 0.2) is 0 Å². The molecule has 0 saturated carbocycles. The summed E-state index contributed by atoms with van der Waals surface area (Å²) in [5.41, 5.74) is 2.05. The molecule has 2 N–H and O–H groups in total. The molecule has 1 aliphatic rings. The number of amides is 1. The first-order chi connectivity index (χ1) is 13.5. The highest BCUT2D eigenvalue weighted by Gasteiger charge is 2.29. The summed E-state index contributed by atoms with van der Waals surface area (Å²) in [7, 11) is 0. The third-order valence-corrected chi connectivity index (χ3v) is 5.48. The van der Waals surface area contributed by atoms with Gasteiger partial charge in [-0.1, -0.05) is 12.1 Å². The molecule has 0 radical (unpaired) electrons. The van der Waals surface area contributed by atoms with Gasteiger partial charge in [0, 0.05) is 36.8 Å². The van der Waals surface area contributed by atoms with Crippen LogP contribution in [0.25, 0.3) is 11.0 Å². The molecule has 0 aliphatic carbocycles. The quantitative estimate of drug-likeness (QED) is 0.696. The number of fused-ring (bicyclic) bond motifs is 1. The van der Waals surface area contributed by atoms with E-state index in [1.807, 2.05) is 35.5 Å². The van der Waals surface area contributed by atoms with Gasteiger partial charge in [-0.3, -0.25) is 14.6 Å². The van der Waals surface area contributed by atoms with Gasteiger partial charge >= 0.3 is 5.69 Å². The number of aryl methyl sites for hydroxylation is 1. The molecule has 0 spiro atoms. The molecule has 4 rings (SSSR count). The third-order valence-electron chi connectivity index (χ3n) is 5.48. The summed E-state index contributed by atoms with van der Waals surface area (Å²) in [6.45, 7) is 3.13. The Balaban J connectivity index is 1.45. The predicted molar refractivity (Wildman–Crippen MR) is 105 cm³/mol. The van der Waals surface area contributed by atoms with Crippen LogP contribution in [0.15, 0.2) is 40.2 Å². The van der Waals surface area contributed by atoms with E-state index in [-0.39, 0.29) is 18.4 Å². The zero-order chi connectivity index (χ0) is 19.7. The minimum absolute atomic E-state index is 0.0388. The molecular formula is C20H23N5O3. The Morgan fingerprint density at radius 1 is 1.25 bits per heavy atom. The highest BCUT2D eigenvalue weighted by Crippen LogP contribution is 2.22. The lowest BCUT2D eigenvalue weighted by Gasteiger charge is -2.25. The molecule has 3 heterocycles. The maximum Gasteiger partial charge on any atom is 0.325 e. The van der Waals surface area contributed by atoms with Crippen molar-refractivity contribution in [2.75, 3.05) is 6.54 Å². The summed E-state index contributed by atoms with van der Waals surface area (Å²) in [5.74, 6) is 0.0388. The highest BCUT2D eigenvalue weighted by molar-refractivity contribution is 5.77. The lowest BCUT2D eigenvalue weighted by Crippen LogP contribution is -2.38. The van der Waals surface area contributed by atoms with Crippen LogP contribution in [0.4, 0.5) is 0 Å². The summed E-state index contributed by atoms with van der Waals surface area (Å²) >= 11 is 0. The molecule has 1 saturated heterocycles. The molecule has 2 aromatic heterocycles. The van der Waals surface area contributed by atoms with Crippen LogP contribution in [0.1, 0.15) is 30.5 Å². The number of imidazole rings is 1. The number of para-hydroxylation sites is 2. The average molecular weight is 381 g/mol. The topological polar surface area (TPSA) is 104 Å². The molecule has 1 aromatic carbocycles. The molecule has 28 heavy (non-hydrogen) atoms. The lowest BCUT2D eigenvalue weighted by molar-refractivity contribution is -0.132. The van der Waals surface area contributed by atoms with Crippen LogP contribution < -0.4 is 11.2 Å². The summed E-state index contributed by atoms with van der Waals surface area (Å²) in [5, 5.41) is 0. The maximum absolute atomic E-state index is 12.8. The molecule has 0 bridgehead atoms. The van der Waals surface area contributed by atoms with Crippen molar-refractivity contribution < 1.29 is 4.79 Å². The van der Waals surface area contributed by atoms with Crippen LogP contribution in [-0.4, -0.2) is 42.9 Å². The van der Waals surface area contributed by atoms with E-state index < -0.39 is 11.2 Å². The van der Waals surface area contributed by atoms with E-state index in [0.29, 0.717) is 24.2 Å². The summed E-state index contributed by atoms with van der Waals surface area (Å²) in [6, 6.07) is 8.09. The fourth-order valence-corrected chi connectivity index (χ4v) is 4.04. The SMILES string of the molecule is Cc1[nH]c(=O)[nH]c(=O)c1CCC(=O)N1CCC[C@H]1Cn1cnc2ccccc21. The van der Waals surface area contributed by atoms with E-state index in [1.165, 1.54) is 0 Å². The number of H-pyrrole nitrogens is 2. The number of nitrogens with one attached hydrogen (secondary N) is 2. The Morgan fingerprint density at radius 2 is 2.07 bits per heavy atom. The Labute approximate surface area is 161 Å². The van der Waals surface area contributed by atoms with Gasteiger partial charge in [0.2, 0.25) is 5.91 Å². The lowest BCUT2D eigenvalue weighted by atomic mass is 10.1. The number of likely N-dealkylation sites (tertiary alicyclic amines) is 1. The van der Waals surface area contributed by atoms with E-state index in [2.05, 4.69) is 19.5 Å². The molecule has 0 unspecified atom stereocenters. The van der Waals surface area contributed by atoms with Gasteiger partial charge in [-0.05, 0) is 38.3 Å². The van der Waals surface area contributed by atoms with Crippen molar-refractivity contribution in [3.05, 3.63) is 62.7 Å². The van der Waals surface area contributed by atoms with Gasteiger partial charge in [-0.2, -0.15) is 0 Å². The molecule has 8 heteroatoms. The van der Waals surface area contributed by atoms with Gasteiger partial charge in [-0.15, -0.1) is 0 Å². The van der Waals surface area contributed by atoms with E-state index in [4.69, 9.17) is 0 Å². The number of carbonyl (C=O) groups is 1. The fourth-order valence-electron chi connectivity index (χ4n) is 4.04. The molecule has 1 aliphatic heterocycles. The second kappa shape index (κ2) is 7.46. The van der Waals surface area contributed by atoms with Crippen LogP contribution in [0, 0.1) is 6.92 Å². The molecule has 1 fully saturated rings. The van der Waals surface area contributed by atoms with E-state index in [0.717, 1.165) is 30.4 Å². The Morgan fingerprint density at radius 3 is 2.89 bits per heavy atom. The standard InChI is InChI=1S/C20H23N5O3/c1-13-15(19(27)23-20(28)22-13)8-9-18(26)25-10-4-5-14(25)11-24-12-21-16-6-2-3-7-17(16)24/h2-3,6-7,12,14H,4-5,8-11H2,1H3,(H2,22,23,27,28)/t14-/m0/s1. The highest BCUT2D eigenvalue weighted by atomic mass is 16.2. The van der Waals surface area contributed by atoms with Crippen molar-refractivity contribution >= 4 is 16.9 Å². The molecular weight excluding hydrogens is 358 g/mol. The molecule has 8 nitrogen and oxygen atoms in total. The first-order valence-corrected chi connectivity index (χ1v) is 9.54. The monoisotopic (exact) mass is 381 g/mol. The second-order valence-electron chi connectivity index (χ2n) is 7.28. The predicted octanol–water partition coefficient (Wildman–Crippen LogP) is 1.35. The minimum atomic E-state index is -0.523. The maximum atomic E-state index is 12.8. The number of rotatable bonds is 5. The van der Waals surface area contributed by atoms with E-state index in [1.54, 1.807) is 6.92 Å². The molecule has 1 atom stereocenters. The average Bonchev–Trinajstić information content (AvgIpc) is 3.28. The van der Waals surface area contributed by atoms with Crippen LogP contribution in [0.2, 0.25) is 0 Å². The van der Waals surface area contributed by atoms with Crippen molar-refractivity contribution in [3.63, 3.8) is 0 Å². The number of aromatic amines is 2. The third kappa shape index (κ3) is 3.49. The molecule has 1 amide bonds. The number of aromatic nitrogens is 4. The number of carbonyl (C=O) groups excluding carboxylic acids is 1. The van der Waals surface area contributed by atoms with Gasteiger partial charge in [0.05, 0.1) is 17.4 Å². The number of nitrogens with zero attached hydrogens (tertiary/aromatic N) is 3.